The Morgan fingerprint density at radius 1 is 0.714 bits per heavy atom. The summed E-state index contributed by atoms with van der Waals surface area (Å²) < 4.78 is 19.1. The van der Waals surface area contributed by atoms with E-state index in [1.165, 1.54) is 21.8 Å². The van der Waals surface area contributed by atoms with Crippen molar-refractivity contribution in [2.45, 2.75) is 12.8 Å². The van der Waals surface area contributed by atoms with Crippen molar-refractivity contribution >= 4 is 119 Å². The first-order chi connectivity index (χ1) is 13.5. The number of ether oxygens (including phenoxy) is 2. The van der Waals surface area contributed by atoms with E-state index in [9.17, 15) is 9.59 Å². The van der Waals surface area contributed by atoms with Gasteiger partial charge in [-0.05, 0) is 0 Å². The number of hydrogen-bond donors (Lipinski definition) is 0. The summed E-state index contributed by atoms with van der Waals surface area (Å²) in [5, 5.41) is 0. The Morgan fingerprint density at radius 2 is 1.07 bits per heavy atom. The Hall–Kier alpha value is 1.64. The van der Waals surface area contributed by atoms with Crippen LogP contribution < -0.4 is 0 Å². The van der Waals surface area contributed by atoms with Gasteiger partial charge in [-0.15, -0.1) is 0 Å². The summed E-state index contributed by atoms with van der Waals surface area (Å²) >= 11 is 9.25. The summed E-state index contributed by atoms with van der Waals surface area (Å²) in [6, 6.07) is 0. The third-order valence-corrected chi connectivity index (χ3v) is 26.9. The molecule has 0 N–H and O–H groups in total. The molecule has 0 aromatic heterocycles. The third-order valence-electron chi connectivity index (χ3n) is 3.15. The van der Waals surface area contributed by atoms with E-state index in [2.05, 4.69) is 12.5 Å². The Balaban J connectivity index is 1.95. The van der Waals surface area contributed by atoms with E-state index in [-0.39, 0.29) is 11.9 Å². The molecule has 2 rings (SSSR count). The minimum absolute atomic E-state index is 0.127. The van der Waals surface area contributed by atoms with Gasteiger partial charge in [0.15, 0.2) is 0 Å². The third kappa shape index (κ3) is 7.96. The molecular weight excluding hydrogens is 700 g/mol. The van der Waals surface area contributed by atoms with E-state index in [0.717, 1.165) is 11.5 Å². The van der Waals surface area contributed by atoms with Crippen molar-refractivity contribution in [1.29, 1.82) is 0 Å². The Morgan fingerprint density at radius 3 is 1.39 bits per heavy atom. The molecule has 0 unspecified atom stereocenters. The number of thioether (sulfide) groups is 4. The average Bonchev–Trinajstić information content (AvgIpc) is 3.31. The molecule has 0 aromatic rings. The zero-order chi connectivity index (χ0) is 20.5. The van der Waals surface area contributed by atoms with Crippen LogP contribution in [0.2, 0.25) is 0 Å². The van der Waals surface area contributed by atoms with Crippen LogP contribution in [0.1, 0.15) is 12.8 Å². The molecule has 0 saturated carbocycles. The standard InChI is InChI=1S/C16H20O4S4Se4/c1-19-9(17)5-7-23-13-11(21-3)25-15(27-13)16-26-12(22-4)14(28-16)24-8-6-10(18)20-2/h5-8H2,1-4H3/b16-15+. The van der Waals surface area contributed by atoms with Gasteiger partial charge >= 0.3 is 211 Å². The molecule has 4 nitrogen and oxygen atoms in total. The second-order valence-electron chi connectivity index (χ2n) is 4.89. The molecule has 0 radical (unpaired) electrons. The Labute approximate surface area is 208 Å². The first kappa shape index (κ1) is 25.9. The van der Waals surface area contributed by atoms with E-state index in [4.69, 9.17) is 9.47 Å². The molecule has 2 heterocycles. The van der Waals surface area contributed by atoms with Crippen molar-refractivity contribution in [2.75, 3.05) is 38.2 Å². The molecule has 156 valence electrons. The summed E-state index contributed by atoms with van der Waals surface area (Å²) in [6.07, 6.45) is 5.31. The van der Waals surface area contributed by atoms with Gasteiger partial charge in [-0.1, -0.05) is 0 Å². The van der Waals surface area contributed by atoms with Crippen LogP contribution in [-0.2, 0) is 19.1 Å². The van der Waals surface area contributed by atoms with Gasteiger partial charge < -0.3 is 0 Å². The van der Waals surface area contributed by atoms with Crippen molar-refractivity contribution in [3.8, 4) is 0 Å². The van der Waals surface area contributed by atoms with Crippen molar-refractivity contribution in [3.63, 3.8) is 0 Å². The van der Waals surface area contributed by atoms with Crippen molar-refractivity contribution in [2.24, 2.45) is 0 Å². The fourth-order valence-electron chi connectivity index (χ4n) is 1.80. The number of methoxy groups -OCH3 is 2. The molecule has 2 aliphatic heterocycles. The first-order valence-electron chi connectivity index (χ1n) is 7.93. The van der Waals surface area contributed by atoms with Crippen LogP contribution in [-0.4, -0.2) is 110 Å². The molecule has 12 heteroatoms. The van der Waals surface area contributed by atoms with E-state index in [0.29, 0.717) is 72.7 Å². The summed E-state index contributed by atoms with van der Waals surface area (Å²) in [6.45, 7) is 0. The van der Waals surface area contributed by atoms with E-state index in [1.807, 2.05) is 47.0 Å². The molecule has 2 aliphatic rings. The van der Waals surface area contributed by atoms with Crippen LogP contribution in [0, 0.1) is 0 Å². The van der Waals surface area contributed by atoms with Crippen molar-refractivity contribution in [3.05, 3.63) is 22.0 Å². The molecule has 0 aromatic carbocycles. The van der Waals surface area contributed by atoms with E-state index >= 15 is 0 Å². The molecule has 0 bridgehead atoms. The average molecular weight is 720 g/mol. The fraction of sp³-hybridized carbons (Fsp3) is 0.500. The second-order valence-corrected chi connectivity index (χ2v) is 22.3. The van der Waals surface area contributed by atoms with Crippen LogP contribution in [0.25, 0.3) is 0 Å². The van der Waals surface area contributed by atoms with E-state index < -0.39 is 0 Å². The predicted molar refractivity (Wildman–Crippen MR) is 129 cm³/mol. The summed E-state index contributed by atoms with van der Waals surface area (Å²) in [5.74, 6) is 1.37. The molecule has 0 spiro atoms. The van der Waals surface area contributed by atoms with Crippen LogP contribution >= 0.6 is 47.0 Å². The molecule has 0 fully saturated rings. The number of rotatable bonds is 10. The van der Waals surface area contributed by atoms with Crippen LogP contribution in [0.5, 0.6) is 0 Å². The SMILES string of the molecule is COC(=O)CCSC1=C(SC)[Se]/C(=C2/[Se]C(SC)=C(SCCC(=O)OC)[Se]2)[Se]1. The Kier molecular flexibility index (Phi) is 12.9. The van der Waals surface area contributed by atoms with Gasteiger partial charge in [0.25, 0.3) is 0 Å². The number of hydrogen-bond acceptors (Lipinski definition) is 8. The first-order valence-corrected chi connectivity index (χ1v) is 19.2. The number of esters is 2. The van der Waals surface area contributed by atoms with Crippen molar-refractivity contribution < 1.29 is 19.1 Å². The van der Waals surface area contributed by atoms with Gasteiger partial charge in [-0.2, -0.15) is 0 Å². The maximum atomic E-state index is 11.4. The summed E-state index contributed by atoms with van der Waals surface area (Å²) in [5.41, 5.74) is 0. The van der Waals surface area contributed by atoms with Crippen LogP contribution in [0.3, 0.4) is 0 Å². The van der Waals surface area contributed by atoms with Crippen LogP contribution in [0.4, 0.5) is 0 Å². The second kappa shape index (κ2) is 13.9. The van der Waals surface area contributed by atoms with Gasteiger partial charge in [-0.3, -0.25) is 0 Å². The Bertz CT molecular complexity index is 651. The van der Waals surface area contributed by atoms with Gasteiger partial charge in [0, 0.05) is 0 Å². The monoisotopic (exact) mass is 724 g/mol. The topological polar surface area (TPSA) is 52.6 Å². The summed E-state index contributed by atoms with van der Waals surface area (Å²) in [4.78, 5) is 22.7. The minimum atomic E-state index is -0.127. The zero-order valence-corrected chi connectivity index (χ0v) is 25.8. The maximum absolute atomic E-state index is 11.4. The van der Waals surface area contributed by atoms with Gasteiger partial charge in [0.05, 0.1) is 0 Å². The number of carbonyl (C=O) groups excluding carboxylic acids is 2. The zero-order valence-electron chi connectivity index (χ0n) is 15.7. The molecule has 28 heavy (non-hydrogen) atoms. The van der Waals surface area contributed by atoms with Gasteiger partial charge in [0.1, 0.15) is 0 Å². The molecule has 0 saturated heterocycles. The number of carbonyl (C=O) groups is 2. The molecule has 0 aliphatic carbocycles. The summed E-state index contributed by atoms with van der Waals surface area (Å²) in [7, 11) is 2.90. The molecule has 0 amide bonds. The molecular formula is C16H20O4S4Se4. The molecule has 0 atom stereocenters. The van der Waals surface area contributed by atoms with Crippen LogP contribution in [0.15, 0.2) is 22.0 Å². The quantitative estimate of drug-likeness (QED) is 0.253. The fourth-order valence-corrected chi connectivity index (χ4v) is 27.1. The predicted octanol–water partition coefficient (Wildman–Crippen LogP) is 2.53. The normalized spacial score (nSPS) is 19.6. The van der Waals surface area contributed by atoms with Gasteiger partial charge in [0.2, 0.25) is 0 Å². The van der Waals surface area contributed by atoms with E-state index in [1.54, 1.807) is 14.3 Å². The van der Waals surface area contributed by atoms with Crippen molar-refractivity contribution in [1.82, 2.24) is 0 Å². The van der Waals surface area contributed by atoms with Gasteiger partial charge in [-0.25, -0.2) is 0 Å².